The van der Waals surface area contributed by atoms with Gasteiger partial charge in [-0.1, -0.05) is 0 Å². The molecule has 0 spiro atoms. The number of nitrogens with zero attached hydrogens (tertiary/aromatic N) is 2. The molecule has 3 atom stereocenters. The molecule has 0 saturated heterocycles. The maximum atomic E-state index is 13.8. The third-order valence-corrected chi connectivity index (χ3v) is 7.38. The molecule has 2 aromatic carbocycles. The Kier molecular flexibility index (Phi) is 8.11. The van der Waals surface area contributed by atoms with Crippen LogP contribution >= 0.6 is 0 Å². The van der Waals surface area contributed by atoms with Crippen molar-refractivity contribution in [1.82, 2.24) is 4.90 Å². The predicted molar refractivity (Wildman–Crippen MR) is 130 cm³/mol. The molecule has 42 heavy (non-hydrogen) atoms. The van der Waals surface area contributed by atoms with Crippen molar-refractivity contribution in [2.75, 3.05) is 25.7 Å². The number of hydrogen-bond donors (Lipinski definition) is 0. The third kappa shape index (κ3) is 5.95. The van der Waals surface area contributed by atoms with E-state index in [1.54, 1.807) is 0 Å². The molecule has 2 amide bonds. The lowest BCUT2D eigenvalue weighted by molar-refractivity contribution is -0.143. The summed E-state index contributed by atoms with van der Waals surface area (Å²) in [5.74, 6) is -1.80. The fourth-order valence-electron chi connectivity index (χ4n) is 5.51. The first-order chi connectivity index (χ1) is 19.4. The van der Waals surface area contributed by atoms with Crippen LogP contribution in [0.1, 0.15) is 59.5 Å². The van der Waals surface area contributed by atoms with Gasteiger partial charge in [0.15, 0.2) is 0 Å². The molecule has 0 aromatic heterocycles. The number of anilines is 1. The molecule has 4 rings (SSSR count). The van der Waals surface area contributed by atoms with Crippen molar-refractivity contribution in [3.8, 4) is 0 Å². The third-order valence-electron chi connectivity index (χ3n) is 7.38. The number of halogens is 9. The van der Waals surface area contributed by atoms with Gasteiger partial charge in [-0.2, -0.15) is 39.5 Å². The number of carbonyl (C=O) groups excluding carboxylic acids is 2. The van der Waals surface area contributed by atoms with E-state index in [0.29, 0.717) is 37.1 Å². The summed E-state index contributed by atoms with van der Waals surface area (Å²) >= 11 is 0. The van der Waals surface area contributed by atoms with Gasteiger partial charge in [-0.25, -0.2) is 9.59 Å². The van der Waals surface area contributed by atoms with E-state index in [1.807, 2.05) is 0 Å². The Balaban J connectivity index is 2.06. The molecular formula is C27H25F9N2O4. The van der Waals surface area contributed by atoms with E-state index in [9.17, 15) is 49.1 Å². The van der Waals surface area contributed by atoms with E-state index in [1.165, 1.54) is 6.92 Å². The molecule has 0 radical (unpaired) electrons. The van der Waals surface area contributed by atoms with Gasteiger partial charge >= 0.3 is 30.7 Å². The monoisotopic (exact) mass is 612 g/mol. The average Bonchev–Trinajstić information content (AvgIpc) is 3.68. The minimum atomic E-state index is -5.24. The number of ether oxygens (including phenoxy) is 2. The lowest BCUT2D eigenvalue weighted by Gasteiger charge is -2.37. The molecule has 2 aromatic rings. The highest BCUT2D eigenvalue weighted by atomic mass is 19.4. The van der Waals surface area contributed by atoms with Crippen molar-refractivity contribution in [2.45, 2.75) is 56.3 Å². The van der Waals surface area contributed by atoms with Crippen LogP contribution in [0.3, 0.4) is 0 Å². The maximum absolute atomic E-state index is 13.8. The highest BCUT2D eigenvalue weighted by Gasteiger charge is 2.55. The van der Waals surface area contributed by atoms with Crippen LogP contribution in [0.2, 0.25) is 0 Å². The zero-order valence-corrected chi connectivity index (χ0v) is 22.3. The van der Waals surface area contributed by atoms with Gasteiger partial charge in [0.05, 0.1) is 48.2 Å². The molecule has 0 bridgehead atoms. The maximum Gasteiger partial charge on any atom is 0.416 e. The highest BCUT2D eigenvalue weighted by molar-refractivity contribution is 5.92. The van der Waals surface area contributed by atoms with Crippen LogP contribution in [0.4, 0.5) is 54.8 Å². The Morgan fingerprint density at radius 3 is 1.90 bits per heavy atom. The van der Waals surface area contributed by atoms with E-state index in [-0.39, 0.29) is 23.9 Å². The van der Waals surface area contributed by atoms with Crippen molar-refractivity contribution < 1.29 is 58.6 Å². The normalized spacial score (nSPS) is 19.8. The fourth-order valence-corrected chi connectivity index (χ4v) is 5.51. The van der Waals surface area contributed by atoms with Gasteiger partial charge in [-0.15, -0.1) is 0 Å². The van der Waals surface area contributed by atoms with Gasteiger partial charge in [0.2, 0.25) is 0 Å². The minimum absolute atomic E-state index is 0.0605. The van der Waals surface area contributed by atoms with Crippen LogP contribution in [-0.2, 0) is 28.0 Å². The highest BCUT2D eigenvalue weighted by Crippen LogP contribution is 2.57. The van der Waals surface area contributed by atoms with Gasteiger partial charge in [0.1, 0.15) is 0 Å². The van der Waals surface area contributed by atoms with Crippen LogP contribution in [0.25, 0.3) is 0 Å². The van der Waals surface area contributed by atoms with E-state index < -0.39 is 76.9 Å². The first-order valence-electron chi connectivity index (χ1n) is 12.7. The molecule has 15 heteroatoms. The second kappa shape index (κ2) is 10.9. The fraction of sp³-hybridized carbons (Fsp3) is 0.481. The van der Waals surface area contributed by atoms with Crippen LogP contribution in [0.15, 0.2) is 36.4 Å². The zero-order chi connectivity index (χ0) is 31.4. The number of amides is 2. The number of rotatable bonds is 5. The van der Waals surface area contributed by atoms with Crippen molar-refractivity contribution >= 4 is 17.9 Å². The van der Waals surface area contributed by atoms with Crippen molar-refractivity contribution in [1.29, 1.82) is 0 Å². The number of alkyl halides is 9. The minimum Gasteiger partial charge on any atom is -0.453 e. The first kappa shape index (κ1) is 31.3. The van der Waals surface area contributed by atoms with E-state index >= 15 is 0 Å². The molecule has 1 saturated carbocycles. The van der Waals surface area contributed by atoms with Crippen molar-refractivity contribution in [3.05, 3.63) is 64.2 Å². The van der Waals surface area contributed by atoms with E-state index in [0.717, 1.165) is 30.0 Å². The molecule has 2 aliphatic rings. The second-order valence-electron chi connectivity index (χ2n) is 10.1. The van der Waals surface area contributed by atoms with Crippen LogP contribution in [-0.4, -0.2) is 43.9 Å². The topological polar surface area (TPSA) is 59.1 Å². The lowest BCUT2D eigenvalue weighted by Crippen LogP contribution is -2.45. The number of carbonyl (C=O) groups is 2. The van der Waals surface area contributed by atoms with E-state index in [4.69, 9.17) is 9.47 Å². The molecule has 1 unspecified atom stereocenters. The van der Waals surface area contributed by atoms with Crippen molar-refractivity contribution in [3.63, 3.8) is 0 Å². The quantitative estimate of drug-likeness (QED) is 0.321. The molecule has 0 N–H and O–H groups in total. The Bertz CT molecular complexity index is 1320. The number of likely N-dealkylation sites (N-methyl/N-ethyl adjacent to an activating group) is 1. The summed E-state index contributed by atoms with van der Waals surface area (Å²) in [4.78, 5) is 27.7. The van der Waals surface area contributed by atoms with Crippen LogP contribution in [0, 0.1) is 5.92 Å². The molecule has 1 aliphatic heterocycles. The molecule has 1 fully saturated rings. The summed E-state index contributed by atoms with van der Waals surface area (Å²) in [6, 6.07) is 0.372. The SMILES string of the molecule is CCOC(=O)N1c2ccc(C(F)(F)F)cc2[C@@H](C(c2cc(C(F)(F)F)cc(C(F)(F)F)c2)N(C)C(=O)OC)[C@H]1C1CC1. The van der Waals surface area contributed by atoms with E-state index in [2.05, 4.69) is 0 Å². The van der Waals surface area contributed by atoms with Gasteiger partial charge < -0.3 is 14.4 Å². The summed E-state index contributed by atoms with van der Waals surface area (Å²) in [5, 5.41) is 0. The molecule has 1 heterocycles. The average molecular weight is 612 g/mol. The number of methoxy groups -OCH3 is 1. The largest absolute Gasteiger partial charge is 0.453 e. The van der Waals surface area contributed by atoms with Crippen molar-refractivity contribution in [2.24, 2.45) is 5.92 Å². The Hall–Kier alpha value is -3.65. The predicted octanol–water partition coefficient (Wildman–Crippen LogP) is 8.02. The Morgan fingerprint density at radius 1 is 0.905 bits per heavy atom. The summed E-state index contributed by atoms with van der Waals surface area (Å²) < 4.78 is 134. The second-order valence-corrected chi connectivity index (χ2v) is 10.1. The van der Waals surface area contributed by atoms with Crippen LogP contribution in [0.5, 0.6) is 0 Å². The number of hydrogen-bond acceptors (Lipinski definition) is 4. The Labute approximate surface area is 234 Å². The summed E-state index contributed by atoms with van der Waals surface area (Å²) in [7, 11) is 1.98. The first-order valence-corrected chi connectivity index (χ1v) is 12.7. The summed E-state index contributed by atoms with van der Waals surface area (Å²) in [6.07, 6.45) is -16.6. The number of fused-ring (bicyclic) bond motifs is 1. The summed E-state index contributed by atoms with van der Waals surface area (Å²) in [5.41, 5.74) is -5.43. The molecule has 1 aliphatic carbocycles. The zero-order valence-electron chi connectivity index (χ0n) is 22.3. The van der Waals surface area contributed by atoms with Gasteiger partial charge in [0, 0.05) is 13.0 Å². The molecule has 230 valence electrons. The Morgan fingerprint density at radius 2 is 1.45 bits per heavy atom. The number of benzene rings is 2. The molecule has 6 nitrogen and oxygen atoms in total. The standard InChI is InChI=1S/C27H25F9N2O4/c1-4-42-24(40)38-19-8-7-15(25(28,29)30)12-18(19)20(22(38)13-5-6-13)21(37(2)23(39)41-3)14-9-16(26(31,32)33)11-17(10-14)27(34,35)36/h7-13,20-22H,4-6H2,1-3H3/t20-,21?,22+/m0/s1. The lowest BCUT2D eigenvalue weighted by atomic mass is 9.80. The van der Waals surface area contributed by atoms with Crippen LogP contribution < -0.4 is 4.90 Å². The molecular weight excluding hydrogens is 587 g/mol. The van der Waals surface area contributed by atoms with Gasteiger partial charge in [0.25, 0.3) is 0 Å². The van der Waals surface area contributed by atoms with Gasteiger partial charge in [-0.05, 0) is 73.2 Å². The smallest absolute Gasteiger partial charge is 0.416 e. The summed E-state index contributed by atoms with van der Waals surface area (Å²) in [6.45, 7) is 1.36. The van der Waals surface area contributed by atoms with Gasteiger partial charge in [-0.3, -0.25) is 4.90 Å².